The molecule has 2 heterocycles. The van der Waals surface area contributed by atoms with Crippen molar-refractivity contribution in [2.75, 3.05) is 0 Å². The molecule has 0 bridgehead atoms. The van der Waals surface area contributed by atoms with E-state index in [0.29, 0.717) is 17.0 Å². The van der Waals surface area contributed by atoms with E-state index in [2.05, 4.69) is 11.1 Å². The van der Waals surface area contributed by atoms with Crippen molar-refractivity contribution in [2.45, 2.75) is 0 Å². The van der Waals surface area contributed by atoms with Crippen molar-refractivity contribution < 1.29 is 8.81 Å². The van der Waals surface area contributed by atoms with Crippen LogP contribution in [0.25, 0.3) is 33.5 Å². The van der Waals surface area contributed by atoms with E-state index in [9.17, 15) is 4.39 Å². The zero-order valence-electron chi connectivity index (χ0n) is 10.8. The van der Waals surface area contributed by atoms with E-state index in [1.807, 2.05) is 36.0 Å². The highest BCUT2D eigenvalue weighted by atomic mass is 19.1. The van der Waals surface area contributed by atoms with Gasteiger partial charge in [-0.3, -0.25) is 0 Å². The molecule has 0 unspecified atom stereocenters. The second-order valence-corrected chi connectivity index (χ2v) is 4.83. The van der Waals surface area contributed by atoms with Crippen molar-refractivity contribution in [3.05, 3.63) is 54.5 Å². The average molecular weight is 266 g/mol. The van der Waals surface area contributed by atoms with Gasteiger partial charge >= 0.3 is 0 Å². The van der Waals surface area contributed by atoms with Gasteiger partial charge in [0.25, 0.3) is 0 Å². The van der Waals surface area contributed by atoms with E-state index in [0.717, 1.165) is 11.1 Å². The van der Waals surface area contributed by atoms with Gasteiger partial charge in [0.05, 0.1) is 0 Å². The molecule has 0 aliphatic carbocycles. The minimum atomic E-state index is -0.321. The highest BCUT2D eigenvalue weighted by Crippen LogP contribution is 2.27. The topological polar surface area (TPSA) is 31.0 Å². The van der Waals surface area contributed by atoms with Crippen molar-refractivity contribution in [2.24, 2.45) is 7.05 Å². The summed E-state index contributed by atoms with van der Waals surface area (Å²) in [7, 11) is 1.99. The number of rotatable bonds is 1. The molecule has 4 rings (SSSR count). The van der Waals surface area contributed by atoms with Gasteiger partial charge in [0.15, 0.2) is 5.58 Å². The molecule has 98 valence electrons. The van der Waals surface area contributed by atoms with E-state index < -0.39 is 0 Å². The van der Waals surface area contributed by atoms with E-state index in [1.54, 1.807) is 6.07 Å². The zero-order chi connectivity index (χ0) is 13.7. The lowest BCUT2D eigenvalue weighted by Gasteiger charge is -1.99. The van der Waals surface area contributed by atoms with Gasteiger partial charge in [-0.25, -0.2) is 9.37 Å². The minimum Gasteiger partial charge on any atom is -0.436 e. The average Bonchev–Trinajstić information content (AvgIpc) is 3.02. The number of aromatic nitrogens is 2. The van der Waals surface area contributed by atoms with Crippen LogP contribution < -0.4 is 0 Å². The van der Waals surface area contributed by atoms with Gasteiger partial charge in [-0.15, -0.1) is 0 Å². The first kappa shape index (κ1) is 11.2. The van der Waals surface area contributed by atoms with Gasteiger partial charge in [-0.05, 0) is 35.7 Å². The van der Waals surface area contributed by atoms with Gasteiger partial charge < -0.3 is 8.98 Å². The number of oxazole rings is 1. The van der Waals surface area contributed by atoms with Crippen molar-refractivity contribution in [1.29, 1.82) is 0 Å². The molecule has 0 N–H and O–H groups in total. The van der Waals surface area contributed by atoms with Gasteiger partial charge in [-0.1, -0.05) is 6.07 Å². The summed E-state index contributed by atoms with van der Waals surface area (Å²) in [4.78, 5) is 4.40. The number of halogens is 1. The largest absolute Gasteiger partial charge is 0.436 e. The third kappa shape index (κ3) is 1.61. The summed E-state index contributed by atoms with van der Waals surface area (Å²) in [5.74, 6) is 0.187. The van der Waals surface area contributed by atoms with Gasteiger partial charge in [0.2, 0.25) is 5.89 Å². The molecule has 2 aromatic carbocycles. The second kappa shape index (κ2) is 3.93. The standard InChI is InChI=1S/C16H11FN2O/c1-19-7-6-10-2-3-11(8-14(10)19)16-18-13-5-4-12(17)9-15(13)20-16/h2-9H,1H3. The van der Waals surface area contributed by atoms with Gasteiger partial charge in [-0.2, -0.15) is 0 Å². The predicted octanol–water partition coefficient (Wildman–Crippen LogP) is 4.13. The lowest BCUT2D eigenvalue weighted by atomic mass is 10.1. The van der Waals surface area contributed by atoms with Crippen molar-refractivity contribution in [3.8, 4) is 11.5 Å². The monoisotopic (exact) mass is 266 g/mol. The number of aryl methyl sites for hydroxylation is 1. The van der Waals surface area contributed by atoms with Crippen LogP contribution in [0.1, 0.15) is 0 Å². The molecule has 20 heavy (non-hydrogen) atoms. The fraction of sp³-hybridized carbons (Fsp3) is 0.0625. The van der Waals surface area contributed by atoms with Crippen molar-refractivity contribution in [3.63, 3.8) is 0 Å². The highest BCUT2D eigenvalue weighted by Gasteiger charge is 2.10. The Morgan fingerprint density at radius 2 is 2.00 bits per heavy atom. The molecule has 0 atom stereocenters. The molecule has 0 aliphatic rings. The van der Waals surface area contributed by atoms with E-state index >= 15 is 0 Å². The summed E-state index contributed by atoms with van der Waals surface area (Å²) in [5, 5.41) is 1.17. The molecule has 0 radical (unpaired) electrons. The van der Waals surface area contributed by atoms with E-state index in [1.165, 1.54) is 17.5 Å². The van der Waals surface area contributed by atoms with Crippen LogP contribution in [0, 0.1) is 5.82 Å². The Bertz CT molecular complexity index is 936. The lowest BCUT2D eigenvalue weighted by Crippen LogP contribution is -1.84. The first-order valence-corrected chi connectivity index (χ1v) is 6.32. The van der Waals surface area contributed by atoms with Crippen LogP contribution in [0.2, 0.25) is 0 Å². The summed E-state index contributed by atoms with van der Waals surface area (Å²) in [6.45, 7) is 0. The highest BCUT2D eigenvalue weighted by molar-refractivity contribution is 5.85. The summed E-state index contributed by atoms with van der Waals surface area (Å²) in [6.07, 6.45) is 2.01. The first-order valence-electron chi connectivity index (χ1n) is 6.32. The number of fused-ring (bicyclic) bond motifs is 2. The maximum atomic E-state index is 13.2. The molecular weight excluding hydrogens is 255 g/mol. The van der Waals surface area contributed by atoms with Crippen molar-refractivity contribution >= 4 is 22.0 Å². The van der Waals surface area contributed by atoms with Crippen LogP contribution in [0.3, 0.4) is 0 Å². The smallest absolute Gasteiger partial charge is 0.227 e. The first-order chi connectivity index (χ1) is 9.70. The molecule has 4 aromatic rings. The molecule has 0 amide bonds. The van der Waals surface area contributed by atoms with Crippen LogP contribution >= 0.6 is 0 Å². The summed E-state index contributed by atoms with van der Waals surface area (Å²) in [5.41, 5.74) is 3.12. The molecule has 0 spiro atoms. The molecule has 3 nitrogen and oxygen atoms in total. The normalized spacial score (nSPS) is 11.5. The minimum absolute atomic E-state index is 0.321. The summed E-state index contributed by atoms with van der Waals surface area (Å²) < 4.78 is 20.9. The fourth-order valence-electron chi connectivity index (χ4n) is 2.42. The summed E-state index contributed by atoms with van der Waals surface area (Å²) >= 11 is 0. The number of nitrogens with zero attached hydrogens (tertiary/aromatic N) is 2. The predicted molar refractivity (Wildman–Crippen MR) is 75.9 cm³/mol. The molecule has 0 saturated carbocycles. The van der Waals surface area contributed by atoms with Gasteiger partial charge in [0, 0.05) is 30.4 Å². The number of benzene rings is 2. The zero-order valence-corrected chi connectivity index (χ0v) is 10.8. The third-order valence-corrected chi connectivity index (χ3v) is 3.49. The molecular formula is C16H11FN2O. The Kier molecular flexibility index (Phi) is 2.21. The maximum absolute atomic E-state index is 13.2. The van der Waals surface area contributed by atoms with Crippen LogP contribution in [-0.4, -0.2) is 9.55 Å². The van der Waals surface area contributed by atoms with E-state index in [-0.39, 0.29) is 5.82 Å². The van der Waals surface area contributed by atoms with Crippen LogP contribution in [0.4, 0.5) is 4.39 Å². The molecule has 2 aromatic heterocycles. The number of hydrogen-bond donors (Lipinski definition) is 0. The lowest BCUT2D eigenvalue weighted by molar-refractivity contribution is 0.602. The summed E-state index contributed by atoms with van der Waals surface area (Å²) in [6, 6.07) is 12.4. The molecule has 0 saturated heterocycles. The molecule has 4 heteroatoms. The van der Waals surface area contributed by atoms with Gasteiger partial charge in [0.1, 0.15) is 11.3 Å². The Morgan fingerprint density at radius 3 is 2.90 bits per heavy atom. The Morgan fingerprint density at radius 1 is 1.10 bits per heavy atom. The Labute approximate surface area is 114 Å². The fourth-order valence-corrected chi connectivity index (χ4v) is 2.42. The van der Waals surface area contributed by atoms with Crippen LogP contribution in [0.5, 0.6) is 0 Å². The third-order valence-electron chi connectivity index (χ3n) is 3.49. The van der Waals surface area contributed by atoms with Crippen molar-refractivity contribution in [1.82, 2.24) is 9.55 Å². The quantitative estimate of drug-likeness (QED) is 0.518. The van der Waals surface area contributed by atoms with Crippen LogP contribution in [0.15, 0.2) is 53.1 Å². The Balaban J connectivity index is 1.93. The SMILES string of the molecule is Cn1ccc2ccc(-c3nc4ccc(F)cc4o3)cc21. The maximum Gasteiger partial charge on any atom is 0.227 e. The molecule has 0 aliphatic heterocycles. The van der Waals surface area contributed by atoms with E-state index in [4.69, 9.17) is 4.42 Å². The van der Waals surface area contributed by atoms with Crippen LogP contribution in [-0.2, 0) is 7.05 Å². The second-order valence-electron chi connectivity index (χ2n) is 4.83. The number of hydrogen-bond acceptors (Lipinski definition) is 2. The molecule has 0 fully saturated rings. The Hall–Kier alpha value is -2.62.